The Morgan fingerprint density at radius 1 is 0.931 bits per heavy atom. The number of hydrogen-bond acceptors (Lipinski definition) is 4. The molecule has 0 aliphatic rings. The third-order valence-electron chi connectivity index (χ3n) is 4.43. The molecule has 0 aromatic heterocycles. The summed E-state index contributed by atoms with van der Waals surface area (Å²) < 4.78 is 16.4. The Bertz CT molecular complexity index is 1000. The van der Waals surface area contributed by atoms with E-state index in [2.05, 4.69) is 5.32 Å². The van der Waals surface area contributed by atoms with Crippen molar-refractivity contribution in [2.75, 3.05) is 19.5 Å². The molecule has 0 heterocycles. The number of methoxy groups -OCH3 is 2. The van der Waals surface area contributed by atoms with Crippen LogP contribution in [0.1, 0.15) is 21.5 Å². The number of rotatable bonds is 7. The Morgan fingerprint density at radius 3 is 2.31 bits per heavy atom. The van der Waals surface area contributed by atoms with E-state index < -0.39 is 0 Å². The SMILES string of the molecule is COc1ccc(OCc2cc(C(=O)Nc3ccc(C)c(Cl)c3)ccc2OC)cc1. The van der Waals surface area contributed by atoms with Gasteiger partial charge >= 0.3 is 0 Å². The van der Waals surface area contributed by atoms with E-state index in [4.69, 9.17) is 25.8 Å². The summed E-state index contributed by atoms with van der Waals surface area (Å²) in [5.41, 5.74) is 2.85. The van der Waals surface area contributed by atoms with Crippen molar-refractivity contribution in [2.24, 2.45) is 0 Å². The second kappa shape index (κ2) is 9.34. The summed E-state index contributed by atoms with van der Waals surface area (Å²) in [5.74, 6) is 1.86. The van der Waals surface area contributed by atoms with E-state index in [1.807, 2.05) is 43.3 Å². The van der Waals surface area contributed by atoms with E-state index in [1.54, 1.807) is 38.5 Å². The molecule has 0 spiro atoms. The second-order valence-corrected chi connectivity index (χ2v) is 6.82. The molecule has 0 unspecified atom stereocenters. The van der Waals surface area contributed by atoms with E-state index in [1.165, 1.54) is 0 Å². The number of aryl methyl sites for hydroxylation is 1. The number of ether oxygens (including phenoxy) is 3. The van der Waals surface area contributed by atoms with Crippen LogP contribution in [-0.4, -0.2) is 20.1 Å². The van der Waals surface area contributed by atoms with Crippen molar-refractivity contribution in [3.8, 4) is 17.2 Å². The molecule has 0 aliphatic carbocycles. The number of halogens is 1. The largest absolute Gasteiger partial charge is 0.497 e. The van der Waals surface area contributed by atoms with Crippen LogP contribution in [0, 0.1) is 6.92 Å². The molecular formula is C23H22ClNO4. The Hall–Kier alpha value is -3.18. The standard InChI is InChI=1S/C23H22ClNO4/c1-15-4-6-18(13-21(15)24)25-23(26)16-5-11-22(28-3)17(12-16)14-29-20-9-7-19(27-2)8-10-20/h4-13H,14H2,1-3H3,(H,25,26). The van der Waals surface area contributed by atoms with E-state index in [-0.39, 0.29) is 12.5 Å². The van der Waals surface area contributed by atoms with Crippen LogP contribution >= 0.6 is 11.6 Å². The van der Waals surface area contributed by atoms with Crippen molar-refractivity contribution < 1.29 is 19.0 Å². The van der Waals surface area contributed by atoms with Gasteiger partial charge < -0.3 is 19.5 Å². The maximum atomic E-state index is 12.7. The zero-order valence-electron chi connectivity index (χ0n) is 16.5. The van der Waals surface area contributed by atoms with Crippen molar-refractivity contribution >= 4 is 23.2 Å². The van der Waals surface area contributed by atoms with Gasteiger partial charge in [-0.3, -0.25) is 4.79 Å². The highest BCUT2D eigenvalue weighted by atomic mass is 35.5. The summed E-state index contributed by atoms with van der Waals surface area (Å²) in [5, 5.41) is 3.46. The molecule has 5 nitrogen and oxygen atoms in total. The predicted octanol–water partition coefficient (Wildman–Crippen LogP) is 5.50. The van der Waals surface area contributed by atoms with Crippen molar-refractivity contribution in [1.82, 2.24) is 0 Å². The molecule has 3 aromatic carbocycles. The zero-order chi connectivity index (χ0) is 20.8. The minimum absolute atomic E-state index is 0.238. The Kier molecular flexibility index (Phi) is 6.62. The smallest absolute Gasteiger partial charge is 0.255 e. The van der Waals surface area contributed by atoms with Gasteiger partial charge in [0.25, 0.3) is 5.91 Å². The molecule has 0 saturated heterocycles. The fraction of sp³-hybridized carbons (Fsp3) is 0.174. The molecule has 0 fully saturated rings. The molecule has 6 heteroatoms. The minimum atomic E-state index is -0.238. The number of nitrogens with one attached hydrogen (secondary N) is 1. The number of hydrogen-bond donors (Lipinski definition) is 1. The summed E-state index contributed by atoms with van der Waals surface area (Å²) in [7, 11) is 3.20. The number of carbonyl (C=O) groups excluding carboxylic acids is 1. The molecule has 0 radical (unpaired) electrons. The van der Waals surface area contributed by atoms with Gasteiger partial charge in [0.2, 0.25) is 0 Å². The average molecular weight is 412 g/mol. The summed E-state index contributed by atoms with van der Waals surface area (Å²) in [6, 6.07) is 17.9. The second-order valence-electron chi connectivity index (χ2n) is 6.41. The molecule has 150 valence electrons. The van der Waals surface area contributed by atoms with Crippen molar-refractivity contribution in [3.63, 3.8) is 0 Å². The van der Waals surface area contributed by atoms with E-state index in [9.17, 15) is 4.79 Å². The number of carbonyl (C=O) groups is 1. The Balaban J connectivity index is 1.74. The first-order chi connectivity index (χ1) is 14.0. The van der Waals surface area contributed by atoms with Crippen molar-refractivity contribution in [2.45, 2.75) is 13.5 Å². The highest BCUT2D eigenvalue weighted by molar-refractivity contribution is 6.31. The molecule has 29 heavy (non-hydrogen) atoms. The number of amides is 1. The van der Waals surface area contributed by atoms with E-state index >= 15 is 0 Å². The lowest BCUT2D eigenvalue weighted by molar-refractivity contribution is 0.102. The zero-order valence-corrected chi connectivity index (χ0v) is 17.2. The van der Waals surface area contributed by atoms with Gasteiger partial charge in [-0.1, -0.05) is 17.7 Å². The van der Waals surface area contributed by atoms with E-state index in [0.29, 0.717) is 27.8 Å². The molecule has 1 amide bonds. The summed E-state index contributed by atoms with van der Waals surface area (Å²) in [6.07, 6.45) is 0. The van der Waals surface area contributed by atoms with Crippen LogP contribution < -0.4 is 19.5 Å². The Labute approximate surface area is 175 Å². The summed E-state index contributed by atoms with van der Waals surface area (Å²) in [6.45, 7) is 2.17. The third kappa shape index (κ3) is 5.21. The number of anilines is 1. The van der Waals surface area contributed by atoms with Crippen LogP contribution in [0.3, 0.4) is 0 Å². The maximum absolute atomic E-state index is 12.7. The molecule has 0 saturated carbocycles. The fourth-order valence-corrected chi connectivity index (χ4v) is 2.92. The molecule has 3 aromatic rings. The lowest BCUT2D eigenvalue weighted by Crippen LogP contribution is -2.13. The first-order valence-electron chi connectivity index (χ1n) is 9.01. The molecule has 0 aliphatic heterocycles. The van der Waals surface area contributed by atoms with E-state index in [0.717, 1.165) is 16.9 Å². The molecule has 3 rings (SSSR count). The lowest BCUT2D eigenvalue weighted by atomic mass is 10.1. The topological polar surface area (TPSA) is 56.8 Å². The van der Waals surface area contributed by atoms with Gasteiger partial charge in [0.1, 0.15) is 23.9 Å². The highest BCUT2D eigenvalue weighted by Crippen LogP contribution is 2.25. The van der Waals surface area contributed by atoms with Gasteiger partial charge in [-0.05, 0) is 67.1 Å². The van der Waals surface area contributed by atoms with Crippen LogP contribution in [0.5, 0.6) is 17.2 Å². The van der Waals surface area contributed by atoms with Crippen LogP contribution in [-0.2, 0) is 6.61 Å². The van der Waals surface area contributed by atoms with Crippen LogP contribution in [0.15, 0.2) is 60.7 Å². The van der Waals surface area contributed by atoms with Crippen molar-refractivity contribution in [3.05, 3.63) is 82.4 Å². The molecular weight excluding hydrogens is 390 g/mol. The summed E-state index contributed by atoms with van der Waals surface area (Å²) in [4.78, 5) is 12.7. The molecule has 0 bridgehead atoms. The monoisotopic (exact) mass is 411 g/mol. The van der Waals surface area contributed by atoms with Gasteiger partial charge in [0.15, 0.2) is 0 Å². The van der Waals surface area contributed by atoms with Gasteiger partial charge in [-0.25, -0.2) is 0 Å². The summed E-state index contributed by atoms with van der Waals surface area (Å²) >= 11 is 6.13. The highest BCUT2D eigenvalue weighted by Gasteiger charge is 2.12. The first-order valence-corrected chi connectivity index (χ1v) is 9.39. The van der Waals surface area contributed by atoms with Crippen molar-refractivity contribution in [1.29, 1.82) is 0 Å². The Morgan fingerprint density at radius 2 is 1.66 bits per heavy atom. The minimum Gasteiger partial charge on any atom is -0.497 e. The average Bonchev–Trinajstić information content (AvgIpc) is 2.75. The van der Waals surface area contributed by atoms with Gasteiger partial charge in [-0.15, -0.1) is 0 Å². The van der Waals surface area contributed by atoms with Crippen LogP contribution in [0.4, 0.5) is 5.69 Å². The van der Waals surface area contributed by atoms with Gasteiger partial charge in [0, 0.05) is 21.8 Å². The predicted molar refractivity (Wildman–Crippen MR) is 114 cm³/mol. The maximum Gasteiger partial charge on any atom is 0.255 e. The van der Waals surface area contributed by atoms with Gasteiger partial charge in [0.05, 0.1) is 14.2 Å². The first kappa shape index (κ1) is 20.6. The lowest BCUT2D eigenvalue weighted by Gasteiger charge is -2.13. The van der Waals surface area contributed by atoms with Crippen LogP contribution in [0.2, 0.25) is 5.02 Å². The van der Waals surface area contributed by atoms with Gasteiger partial charge in [-0.2, -0.15) is 0 Å². The normalized spacial score (nSPS) is 10.3. The number of benzene rings is 3. The third-order valence-corrected chi connectivity index (χ3v) is 4.83. The quantitative estimate of drug-likeness (QED) is 0.558. The fourth-order valence-electron chi connectivity index (χ4n) is 2.74. The molecule has 1 N–H and O–H groups in total. The molecule has 0 atom stereocenters. The van der Waals surface area contributed by atoms with Crippen LogP contribution in [0.25, 0.3) is 0 Å².